The predicted molar refractivity (Wildman–Crippen MR) is 116 cm³/mol. The van der Waals surface area contributed by atoms with E-state index in [9.17, 15) is 14.4 Å². The molecule has 0 aliphatic rings. The lowest BCUT2D eigenvalue weighted by Gasteiger charge is -2.21. The van der Waals surface area contributed by atoms with Crippen molar-refractivity contribution in [1.82, 2.24) is 10.6 Å². The van der Waals surface area contributed by atoms with Crippen LogP contribution in [0.15, 0.2) is 23.2 Å². The molecule has 0 saturated heterocycles. The molecule has 0 aliphatic heterocycles. The van der Waals surface area contributed by atoms with Crippen LogP contribution in [0.2, 0.25) is 0 Å². The SMILES string of the molecule is COC(=O)Cc1cc(CN/C(=N\C(=O)OC(C)(C)C)NC(=O)OC(C)(C)C)ccc1N. The zero-order chi connectivity index (χ0) is 23.8. The van der Waals surface area contributed by atoms with Crippen molar-refractivity contribution in [3.8, 4) is 0 Å². The number of carbonyl (C=O) groups is 3. The van der Waals surface area contributed by atoms with Crippen LogP contribution in [0.5, 0.6) is 0 Å². The number of nitrogens with zero attached hydrogens (tertiary/aromatic N) is 1. The number of guanidine groups is 1. The largest absolute Gasteiger partial charge is 0.469 e. The van der Waals surface area contributed by atoms with Crippen LogP contribution < -0.4 is 16.4 Å². The number of rotatable bonds is 4. The van der Waals surface area contributed by atoms with E-state index < -0.39 is 29.4 Å². The molecule has 10 heteroatoms. The molecular weight excluding hydrogens is 404 g/mol. The molecule has 0 bridgehead atoms. The van der Waals surface area contributed by atoms with Crippen molar-refractivity contribution in [3.05, 3.63) is 29.3 Å². The molecule has 0 saturated carbocycles. The van der Waals surface area contributed by atoms with E-state index in [0.717, 1.165) is 5.56 Å². The Bertz CT molecular complexity index is 837. The average Bonchev–Trinajstić information content (AvgIpc) is 2.58. The Labute approximate surface area is 182 Å². The molecule has 1 aromatic rings. The first kappa shape index (κ1) is 25.7. The van der Waals surface area contributed by atoms with Gasteiger partial charge in [0.2, 0.25) is 5.96 Å². The number of methoxy groups -OCH3 is 1. The van der Waals surface area contributed by atoms with E-state index in [0.29, 0.717) is 11.3 Å². The van der Waals surface area contributed by atoms with Crippen LogP contribution in [-0.2, 0) is 32.0 Å². The summed E-state index contributed by atoms with van der Waals surface area (Å²) in [5.74, 6) is -0.564. The van der Waals surface area contributed by atoms with E-state index in [-0.39, 0.29) is 18.9 Å². The Morgan fingerprint density at radius 1 is 1.03 bits per heavy atom. The van der Waals surface area contributed by atoms with Gasteiger partial charge in [0.25, 0.3) is 0 Å². The van der Waals surface area contributed by atoms with Gasteiger partial charge in [-0.15, -0.1) is 4.99 Å². The number of nitrogen functional groups attached to an aromatic ring is 1. The lowest BCUT2D eigenvalue weighted by molar-refractivity contribution is -0.139. The molecule has 0 aliphatic carbocycles. The summed E-state index contributed by atoms with van der Waals surface area (Å²) < 4.78 is 15.0. The number of benzene rings is 1. The molecule has 10 nitrogen and oxygen atoms in total. The van der Waals surface area contributed by atoms with Crippen molar-refractivity contribution in [2.45, 2.75) is 65.7 Å². The van der Waals surface area contributed by atoms with Gasteiger partial charge in [-0.25, -0.2) is 9.59 Å². The fraction of sp³-hybridized carbons (Fsp3) is 0.524. The maximum Gasteiger partial charge on any atom is 0.437 e. The summed E-state index contributed by atoms with van der Waals surface area (Å²) in [4.78, 5) is 39.6. The molecule has 0 aromatic heterocycles. The molecule has 1 rings (SSSR count). The quantitative estimate of drug-likeness (QED) is 0.215. The molecule has 0 fully saturated rings. The summed E-state index contributed by atoms with van der Waals surface area (Å²) >= 11 is 0. The van der Waals surface area contributed by atoms with Crippen LogP contribution in [0.25, 0.3) is 0 Å². The zero-order valence-corrected chi connectivity index (χ0v) is 19.1. The summed E-state index contributed by atoms with van der Waals surface area (Å²) in [6, 6.07) is 5.11. The van der Waals surface area contributed by atoms with Gasteiger partial charge < -0.3 is 25.3 Å². The standard InChI is InChI=1S/C21H32N4O6/c1-20(2,3)30-18(27)24-17(25-19(28)31-21(4,5)6)23-12-13-8-9-15(22)14(10-13)11-16(26)29-7/h8-10H,11-12,22H2,1-7H3,(H2,23,24,25,27,28). The third kappa shape index (κ3) is 10.9. The second-order valence-electron chi connectivity index (χ2n) is 8.71. The lowest BCUT2D eigenvalue weighted by Crippen LogP contribution is -2.44. The van der Waals surface area contributed by atoms with Crippen LogP contribution in [-0.4, -0.2) is 42.4 Å². The first-order chi connectivity index (χ1) is 14.2. The highest BCUT2D eigenvalue weighted by atomic mass is 16.6. The molecule has 0 atom stereocenters. The number of amides is 2. The number of hydrogen-bond acceptors (Lipinski definition) is 7. The topological polar surface area (TPSA) is 141 Å². The Morgan fingerprint density at radius 2 is 1.65 bits per heavy atom. The summed E-state index contributed by atoms with van der Waals surface area (Å²) in [6.07, 6.45) is -1.65. The number of alkyl carbamates (subject to hydrolysis) is 1. The lowest BCUT2D eigenvalue weighted by atomic mass is 10.1. The normalized spacial score (nSPS) is 12.0. The fourth-order valence-corrected chi connectivity index (χ4v) is 2.22. The number of carbonyl (C=O) groups excluding carboxylic acids is 3. The number of nitrogens with one attached hydrogen (secondary N) is 2. The summed E-state index contributed by atoms with van der Waals surface area (Å²) in [5.41, 5.74) is 6.20. The van der Waals surface area contributed by atoms with Crippen molar-refractivity contribution >= 4 is 29.8 Å². The van der Waals surface area contributed by atoms with E-state index in [4.69, 9.17) is 15.2 Å². The van der Waals surface area contributed by atoms with Crippen molar-refractivity contribution in [2.75, 3.05) is 12.8 Å². The van der Waals surface area contributed by atoms with Gasteiger partial charge in [-0.05, 0) is 58.7 Å². The van der Waals surface area contributed by atoms with Crippen LogP contribution in [0.3, 0.4) is 0 Å². The van der Waals surface area contributed by atoms with E-state index in [1.807, 2.05) is 0 Å². The van der Waals surface area contributed by atoms with Crippen molar-refractivity contribution in [1.29, 1.82) is 0 Å². The maximum atomic E-state index is 12.1. The Morgan fingerprint density at radius 3 is 2.19 bits per heavy atom. The van der Waals surface area contributed by atoms with Gasteiger partial charge in [0.05, 0.1) is 13.5 Å². The van der Waals surface area contributed by atoms with Crippen LogP contribution >= 0.6 is 0 Å². The summed E-state index contributed by atoms with van der Waals surface area (Å²) in [5, 5.41) is 5.27. The Balaban J connectivity index is 2.99. The highest BCUT2D eigenvalue weighted by molar-refractivity contribution is 5.98. The predicted octanol–water partition coefficient (Wildman–Crippen LogP) is 2.89. The molecule has 0 spiro atoms. The second-order valence-corrected chi connectivity index (χ2v) is 8.71. The molecule has 0 heterocycles. The van der Waals surface area contributed by atoms with Crippen molar-refractivity contribution < 1.29 is 28.6 Å². The fourth-order valence-electron chi connectivity index (χ4n) is 2.22. The molecule has 4 N–H and O–H groups in total. The van der Waals surface area contributed by atoms with Crippen LogP contribution in [0.1, 0.15) is 52.7 Å². The third-order valence-corrected chi connectivity index (χ3v) is 3.45. The highest BCUT2D eigenvalue weighted by Gasteiger charge is 2.20. The van der Waals surface area contributed by atoms with E-state index in [2.05, 4.69) is 20.4 Å². The highest BCUT2D eigenvalue weighted by Crippen LogP contribution is 2.15. The van der Waals surface area contributed by atoms with Gasteiger partial charge in [0, 0.05) is 12.2 Å². The smallest absolute Gasteiger partial charge is 0.437 e. The second kappa shape index (κ2) is 10.6. The number of hydrogen-bond donors (Lipinski definition) is 3. The monoisotopic (exact) mass is 436 g/mol. The Hall–Kier alpha value is -3.30. The zero-order valence-electron chi connectivity index (χ0n) is 19.1. The molecule has 0 unspecified atom stereocenters. The van der Waals surface area contributed by atoms with Crippen LogP contribution in [0.4, 0.5) is 15.3 Å². The van der Waals surface area contributed by atoms with Gasteiger partial charge in [-0.2, -0.15) is 0 Å². The van der Waals surface area contributed by atoms with Gasteiger partial charge >= 0.3 is 18.2 Å². The molecule has 1 aromatic carbocycles. The minimum absolute atomic E-state index is 0.0190. The molecule has 0 radical (unpaired) electrons. The van der Waals surface area contributed by atoms with E-state index in [1.54, 1.807) is 59.7 Å². The van der Waals surface area contributed by atoms with Gasteiger partial charge in [0.15, 0.2) is 0 Å². The molecule has 31 heavy (non-hydrogen) atoms. The van der Waals surface area contributed by atoms with Crippen LogP contribution in [0, 0.1) is 0 Å². The number of nitrogens with two attached hydrogens (primary N) is 1. The van der Waals surface area contributed by atoms with E-state index in [1.165, 1.54) is 7.11 Å². The Kier molecular flexibility index (Phi) is 8.84. The van der Waals surface area contributed by atoms with E-state index >= 15 is 0 Å². The number of ether oxygens (including phenoxy) is 3. The number of aliphatic imine (C=N–C) groups is 1. The van der Waals surface area contributed by atoms with Gasteiger partial charge in [-0.3, -0.25) is 10.1 Å². The summed E-state index contributed by atoms with van der Waals surface area (Å²) in [6.45, 7) is 10.4. The van der Waals surface area contributed by atoms with Gasteiger partial charge in [-0.1, -0.05) is 12.1 Å². The first-order valence-electron chi connectivity index (χ1n) is 9.68. The first-order valence-corrected chi connectivity index (χ1v) is 9.68. The minimum atomic E-state index is -0.880. The van der Waals surface area contributed by atoms with Gasteiger partial charge in [0.1, 0.15) is 11.2 Å². The maximum absolute atomic E-state index is 12.1. The molecular formula is C21H32N4O6. The third-order valence-electron chi connectivity index (χ3n) is 3.45. The minimum Gasteiger partial charge on any atom is -0.469 e. The molecule has 172 valence electrons. The number of esters is 1. The molecule has 2 amide bonds. The van der Waals surface area contributed by atoms with Crippen molar-refractivity contribution in [2.24, 2.45) is 4.99 Å². The summed E-state index contributed by atoms with van der Waals surface area (Å²) in [7, 11) is 1.30. The average molecular weight is 437 g/mol. The number of anilines is 1. The van der Waals surface area contributed by atoms with Crippen molar-refractivity contribution in [3.63, 3.8) is 0 Å².